The number of carbonyl (C=O) groups excluding carboxylic acids is 1. The van der Waals surface area contributed by atoms with Crippen molar-refractivity contribution in [1.82, 2.24) is 9.97 Å². The number of ether oxygens (including phenoxy) is 2. The molecule has 0 atom stereocenters. The summed E-state index contributed by atoms with van der Waals surface area (Å²) in [4.78, 5) is 31.4. The molecule has 0 saturated carbocycles. The second kappa shape index (κ2) is 8.08. The number of primary amides is 1. The van der Waals surface area contributed by atoms with E-state index in [0.717, 1.165) is 5.56 Å². The fourth-order valence-electron chi connectivity index (χ4n) is 3.21. The van der Waals surface area contributed by atoms with Crippen LogP contribution in [0.1, 0.15) is 15.9 Å². The molecule has 0 fully saturated rings. The normalized spacial score (nSPS) is 10.7. The number of amides is 1. The number of aromatic amines is 1. The number of rotatable bonds is 6. The number of para-hydroxylation sites is 2. The zero-order chi connectivity index (χ0) is 21.1. The summed E-state index contributed by atoms with van der Waals surface area (Å²) in [6.07, 6.45) is 0. The summed E-state index contributed by atoms with van der Waals surface area (Å²) in [6, 6.07) is 19.3. The number of aromatic nitrogens is 2. The van der Waals surface area contributed by atoms with Gasteiger partial charge in [-0.25, -0.2) is 4.98 Å². The first kappa shape index (κ1) is 19.2. The molecule has 4 rings (SSSR count). The van der Waals surface area contributed by atoms with Crippen molar-refractivity contribution < 1.29 is 14.3 Å². The number of H-pyrrole nitrogens is 1. The Balaban J connectivity index is 1.70. The molecule has 1 aromatic heterocycles. The van der Waals surface area contributed by atoms with Gasteiger partial charge in [-0.1, -0.05) is 24.3 Å². The van der Waals surface area contributed by atoms with Crippen molar-refractivity contribution in [2.75, 3.05) is 7.11 Å². The van der Waals surface area contributed by atoms with Crippen LogP contribution in [0.25, 0.3) is 22.3 Å². The minimum Gasteiger partial charge on any atom is -0.496 e. The summed E-state index contributed by atoms with van der Waals surface area (Å²) in [7, 11) is 1.56. The van der Waals surface area contributed by atoms with E-state index < -0.39 is 5.91 Å². The third-order valence-electron chi connectivity index (χ3n) is 4.70. The van der Waals surface area contributed by atoms with Crippen LogP contribution in [0.2, 0.25) is 0 Å². The van der Waals surface area contributed by atoms with Crippen LogP contribution in [0.15, 0.2) is 71.5 Å². The molecule has 1 heterocycles. The van der Waals surface area contributed by atoms with Crippen LogP contribution < -0.4 is 20.8 Å². The van der Waals surface area contributed by atoms with Gasteiger partial charge in [0.05, 0.1) is 23.6 Å². The lowest BCUT2D eigenvalue weighted by molar-refractivity contribution is 0.0996. The Morgan fingerprint density at radius 3 is 2.60 bits per heavy atom. The van der Waals surface area contributed by atoms with Crippen LogP contribution in [0.3, 0.4) is 0 Å². The maximum absolute atomic E-state index is 12.4. The van der Waals surface area contributed by atoms with Crippen molar-refractivity contribution in [3.63, 3.8) is 0 Å². The second-order valence-corrected chi connectivity index (χ2v) is 6.61. The van der Waals surface area contributed by atoms with Crippen molar-refractivity contribution >= 4 is 16.8 Å². The Kier molecular flexibility index (Phi) is 5.17. The summed E-state index contributed by atoms with van der Waals surface area (Å²) >= 11 is 0. The number of nitrogens with one attached hydrogen (secondary N) is 1. The molecular formula is C23H19N3O4. The van der Waals surface area contributed by atoms with Crippen molar-refractivity contribution in [3.8, 4) is 22.9 Å². The zero-order valence-corrected chi connectivity index (χ0v) is 16.2. The summed E-state index contributed by atoms with van der Waals surface area (Å²) in [5, 5.41) is 0.529. The highest BCUT2D eigenvalue weighted by atomic mass is 16.5. The van der Waals surface area contributed by atoms with E-state index in [1.54, 1.807) is 55.6 Å². The number of benzene rings is 3. The number of fused-ring (bicyclic) bond motifs is 1. The van der Waals surface area contributed by atoms with Gasteiger partial charge in [0.1, 0.15) is 23.9 Å². The smallest absolute Gasteiger partial charge is 0.259 e. The van der Waals surface area contributed by atoms with Gasteiger partial charge in [-0.05, 0) is 42.5 Å². The Morgan fingerprint density at radius 2 is 1.80 bits per heavy atom. The van der Waals surface area contributed by atoms with Crippen LogP contribution in [0.5, 0.6) is 11.5 Å². The average molecular weight is 401 g/mol. The van der Waals surface area contributed by atoms with Crippen LogP contribution in [0, 0.1) is 0 Å². The van der Waals surface area contributed by atoms with Crippen molar-refractivity contribution in [2.45, 2.75) is 6.61 Å². The third kappa shape index (κ3) is 3.73. The van der Waals surface area contributed by atoms with E-state index in [9.17, 15) is 9.59 Å². The van der Waals surface area contributed by atoms with E-state index in [4.69, 9.17) is 15.2 Å². The van der Waals surface area contributed by atoms with E-state index in [2.05, 4.69) is 9.97 Å². The van der Waals surface area contributed by atoms with Crippen molar-refractivity contribution in [1.29, 1.82) is 0 Å². The fraction of sp³-hybridized carbons (Fsp3) is 0.0870. The second-order valence-electron chi connectivity index (χ2n) is 6.61. The quantitative estimate of drug-likeness (QED) is 0.516. The Bertz CT molecular complexity index is 1300. The van der Waals surface area contributed by atoms with Gasteiger partial charge in [0.2, 0.25) is 0 Å². The molecule has 1 amide bonds. The monoisotopic (exact) mass is 401 g/mol. The fourth-order valence-corrected chi connectivity index (χ4v) is 3.21. The number of nitrogens with two attached hydrogens (primary N) is 1. The predicted octanol–water partition coefficient (Wildman–Crippen LogP) is 3.28. The van der Waals surface area contributed by atoms with Gasteiger partial charge in [-0.2, -0.15) is 0 Å². The number of hydrogen-bond donors (Lipinski definition) is 2. The number of nitrogens with zero attached hydrogens (tertiary/aromatic N) is 1. The van der Waals surface area contributed by atoms with E-state index in [1.807, 2.05) is 18.2 Å². The molecule has 0 aliphatic carbocycles. The lowest BCUT2D eigenvalue weighted by atomic mass is 10.1. The highest BCUT2D eigenvalue weighted by molar-refractivity contribution is 5.95. The maximum atomic E-state index is 12.4. The van der Waals surface area contributed by atoms with Crippen LogP contribution >= 0.6 is 0 Å². The first-order valence-electron chi connectivity index (χ1n) is 9.25. The first-order chi connectivity index (χ1) is 14.6. The molecule has 0 aliphatic heterocycles. The molecule has 7 nitrogen and oxygen atoms in total. The SMILES string of the molecule is COc1ccc(-c2nc3ccccc3c(=O)[nH]2)cc1COc1ccccc1C(N)=O. The molecule has 4 aromatic rings. The Labute approximate surface area is 172 Å². The van der Waals surface area contributed by atoms with Gasteiger partial charge < -0.3 is 20.2 Å². The Morgan fingerprint density at radius 1 is 1.03 bits per heavy atom. The van der Waals surface area contributed by atoms with Crippen LogP contribution in [0.4, 0.5) is 0 Å². The van der Waals surface area contributed by atoms with E-state index >= 15 is 0 Å². The van der Waals surface area contributed by atoms with Gasteiger partial charge in [-0.15, -0.1) is 0 Å². The van der Waals surface area contributed by atoms with Crippen LogP contribution in [-0.4, -0.2) is 23.0 Å². The number of hydrogen-bond acceptors (Lipinski definition) is 5. The van der Waals surface area contributed by atoms with Gasteiger partial charge in [0, 0.05) is 11.1 Å². The van der Waals surface area contributed by atoms with E-state index in [1.165, 1.54) is 0 Å². The van der Waals surface area contributed by atoms with Gasteiger partial charge in [0.25, 0.3) is 11.5 Å². The molecule has 0 radical (unpaired) electrons. The Hall–Kier alpha value is -4.13. The topological polar surface area (TPSA) is 107 Å². The molecule has 0 bridgehead atoms. The molecule has 150 valence electrons. The van der Waals surface area contributed by atoms with Crippen molar-refractivity contribution in [3.05, 3.63) is 88.2 Å². The molecule has 30 heavy (non-hydrogen) atoms. The summed E-state index contributed by atoms with van der Waals surface area (Å²) < 4.78 is 11.3. The summed E-state index contributed by atoms with van der Waals surface area (Å²) in [5.41, 5.74) is 7.55. The molecule has 0 saturated heterocycles. The highest BCUT2D eigenvalue weighted by Gasteiger charge is 2.13. The molecule has 0 spiro atoms. The maximum Gasteiger partial charge on any atom is 0.259 e. The third-order valence-corrected chi connectivity index (χ3v) is 4.70. The van der Waals surface area contributed by atoms with Gasteiger partial charge in [0.15, 0.2) is 0 Å². The minimum absolute atomic E-state index is 0.138. The van der Waals surface area contributed by atoms with E-state index in [0.29, 0.717) is 39.4 Å². The molecule has 0 unspecified atom stereocenters. The molecule has 3 N–H and O–H groups in total. The summed E-state index contributed by atoms with van der Waals surface area (Å²) in [5.74, 6) is 0.873. The average Bonchev–Trinajstić information content (AvgIpc) is 2.77. The summed E-state index contributed by atoms with van der Waals surface area (Å²) in [6.45, 7) is 0.138. The first-order valence-corrected chi connectivity index (χ1v) is 9.25. The van der Waals surface area contributed by atoms with Gasteiger partial charge in [-0.3, -0.25) is 9.59 Å². The molecular weight excluding hydrogens is 382 g/mol. The predicted molar refractivity (Wildman–Crippen MR) is 114 cm³/mol. The highest BCUT2D eigenvalue weighted by Crippen LogP contribution is 2.27. The minimum atomic E-state index is -0.566. The number of carbonyl (C=O) groups is 1. The standard InChI is InChI=1S/C23H19N3O4/c1-29-19-11-10-14(22-25-18-8-4-2-6-16(18)23(28)26-22)12-15(19)13-30-20-9-5-3-7-17(20)21(24)27/h2-12H,13H2,1H3,(H2,24,27)(H,25,26,28). The number of methoxy groups -OCH3 is 1. The van der Waals surface area contributed by atoms with Gasteiger partial charge >= 0.3 is 0 Å². The van der Waals surface area contributed by atoms with E-state index in [-0.39, 0.29) is 12.2 Å². The largest absolute Gasteiger partial charge is 0.496 e. The van der Waals surface area contributed by atoms with Crippen molar-refractivity contribution in [2.24, 2.45) is 5.73 Å². The lowest BCUT2D eigenvalue weighted by Gasteiger charge is -2.13. The van der Waals surface area contributed by atoms with Crippen LogP contribution in [-0.2, 0) is 6.61 Å². The molecule has 3 aromatic carbocycles. The molecule has 7 heteroatoms. The zero-order valence-electron chi connectivity index (χ0n) is 16.2. The lowest BCUT2D eigenvalue weighted by Crippen LogP contribution is -2.13. The molecule has 0 aliphatic rings.